The number of nitrogens with zero attached hydrogens (tertiary/aromatic N) is 2. The Hall–Kier alpha value is -0.880. The molecule has 1 aliphatic heterocycles. The molecule has 2 rings (SSSR count). The molecule has 0 aliphatic carbocycles. The molecular weight excluding hydrogens is 238 g/mol. The van der Waals surface area contributed by atoms with Gasteiger partial charge in [0.1, 0.15) is 0 Å². The highest BCUT2D eigenvalue weighted by Gasteiger charge is 2.30. The zero-order valence-electron chi connectivity index (χ0n) is 10.3. The maximum Gasteiger partial charge on any atom is 0.150 e. The van der Waals surface area contributed by atoms with Crippen molar-refractivity contribution in [1.29, 1.82) is 0 Å². The second kappa shape index (κ2) is 4.78. The van der Waals surface area contributed by atoms with Crippen LogP contribution in [0.1, 0.15) is 24.4 Å². The lowest BCUT2D eigenvalue weighted by molar-refractivity contribution is 0.437. The molecule has 0 amide bonds. The maximum absolute atomic E-state index is 11.4. The molecule has 0 bridgehead atoms. The third kappa shape index (κ3) is 3.07. The van der Waals surface area contributed by atoms with Crippen molar-refractivity contribution < 1.29 is 8.42 Å². The highest BCUT2D eigenvalue weighted by atomic mass is 32.2. The first-order chi connectivity index (χ1) is 8.00. The van der Waals surface area contributed by atoms with Gasteiger partial charge in [-0.1, -0.05) is 0 Å². The number of hydrogen-bond acceptors (Lipinski definition) is 4. The summed E-state index contributed by atoms with van der Waals surface area (Å²) in [6, 6.07) is 0.196. The fraction of sp³-hybridized carbons (Fsp3) is 0.727. The first-order valence-corrected chi connectivity index (χ1v) is 7.68. The summed E-state index contributed by atoms with van der Waals surface area (Å²) in [5, 5.41) is 7.38. The number of rotatable bonds is 4. The molecule has 0 spiro atoms. The first-order valence-electron chi connectivity index (χ1n) is 5.86. The van der Waals surface area contributed by atoms with Crippen LogP contribution < -0.4 is 5.32 Å². The summed E-state index contributed by atoms with van der Waals surface area (Å²) in [6.07, 6.45) is 5.47. The van der Waals surface area contributed by atoms with Crippen LogP contribution in [-0.4, -0.2) is 36.8 Å². The Bertz CT molecular complexity index is 481. The van der Waals surface area contributed by atoms with Gasteiger partial charge in [-0.05, 0) is 25.8 Å². The predicted octanol–water partition coefficient (Wildman–Crippen LogP) is 0.505. The second-order valence-electron chi connectivity index (χ2n) is 4.79. The molecule has 1 N–H and O–H groups in total. The zero-order chi connectivity index (χ0) is 12.5. The third-order valence-electron chi connectivity index (χ3n) is 3.37. The van der Waals surface area contributed by atoms with Gasteiger partial charge in [-0.3, -0.25) is 4.68 Å². The van der Waals surface area contributed by atoms with Crippen LogP contribution in [0.3, 0.4) is 0 Å². The number of hydrogen-bond donors (Lipinski definition) is 1. The molecule has 1 aliphatic rings. The van der Waals surface area contributed by atoms with Gasteiger partial charge in [-0.25, -0.2) is 8.42 Å². The number of aromatic nitrogens is 2. The van der Waals surface area contributed by atoms with E-state index in [1.54, 1.807) is 4.68 Å². The Kier molecular flexibility index (Phi) is 3.53. The largest absolute Gasteiger partial charge is 0.313 e. The fourth-order valence-electron chi connectivity index (χ4n) is 2.43. The van der Waals surface area contributed by atoms with E-state index >= 15 is 0 Å². The van der Waals surface area contributed by atoms with Crippen LogP contribution in [0, 0.1) is 5.92 Å². The number of nitrogens with one attached hydrogen (secondary N) is 1. The van der Waals surface area contributed by atoms with Gasteiger partial charge in [0, 0.05) is 24.8 Å². The van der Waals surface area contributed by atoms with Crippen LogP contribution in [0.5, 0.6) is 0 Å². The average Bonchev–Trinajstić information content (AvgIpc) is 2.81. The van der Waals surface area contributed by atoms with E-state index < -0.39 is 9.84 Å². The highest BCUT2D eigenvalue weighted by Crippen LogP contribution is 2.28. The van der Waals surface area contributed by atoms with Crippen molar-refractivity contribution in [2.75, 3.05) is 18.6 Å². The molecule has 2 heterocycles. The molecule has 2 atom stereocenters. The molecule has 0 saturated carbocycles. The maximum atomic E-state index is 11.4. The predicted molar refractivity (Wildman–Crippen MR) is 66.4 cm³/mol. The SMILES string of the molecule is CNC(CC1CCS(=O)(=O)C1)c1cnn(C)c1. The number of sulfone groups is 1. The van der Waals surface area contributed by atoms with E-state index in [0.717, 1.165) is 18.4 Å². The van der Waals surface area contributed by atoms with Crippen molar-refractivity contribution >= 4 is 9.84 Å². The topological polar surface area (TPSA) is 64.0 Å². The molecule has 0 radical (unpaired) electrons. The third-order valence-corrected chi connectivity index (χ3v) is 5.21. The van der Waals surface area contributed by atoms with Crippen molar-refractivity contribution in [3.63, 3.8) is 0 Å². The summed E-state index contributed by atoms with van der Waals surface area (Å²) in [6.45, 7) is 0. The molecule has 1 aromatic rings. The number of aryl methyl sites for hydroxylation is 1. The summed E-state index contributed by atoms with van der Waals surface area (Å²) in [7, 11) is 1.01. The van der Waals surface area contributed by atoms with Crippen molar-refractivity contribution in [3.8, 4) is 0 Å². The molecule has 17 heavy (non-hydrogen) atoms. The Morgan fingerprint density at radius 2 is 2.41 bits per heavy atom. The minimum Gasteiger partial charge on any atom is -0.313 e. The molecule has 1 aromatic heterocycles. The van der Waals surface area contributed by atoms with E-state index in [1.807, 2.05) is 26.5 Å². The first kappa shape index (κ1) is 12.6. The summed E-state index contributed by atoms with van der Waals surface area (Å²) >= 11 is 0. The Balaban J connectivity index is 2.01. The Labute approximate surface area is 102 Å². The monoisotopic (exact) mass is 257 g/mol. The van der Waals surface area contributed by atoms with E-state index in [9.17, 15) is 8.42 Å². The fourth-order valence-corrected chi connectivity index (χ4v) is 4.31. The molecule has 1 fully saturated rings. The van der Waals surface area contributed by atoms with Crippen LogP contribution in [0.25, 0.3) is 0 Å². The van der Waals surface area contributed by atoms with Gasteiger partial charge in [-0.15, -0.1) is 0 Å². The van der Waals surface area contributed by atoms with E-state index in [4.69, 9.17) is 0 Å². The lowest BCUT2D eigenvalue weighted by atomic mass is 9.96. The lowest BCUT2D eigenvalue weighted by Crippen LogP contribution is -2.20. The average molecular weight is 257 g/mol. The van der Waals surface area contributed by atoms with Gasteiger partial charge in [0.05, 0.1) is 17.7 Å². The van der Waals surface area contributed by atoms with E-state index in [-0.39, 0.29) is 12.0 Å². The quantitative estimate of drug-likeness (QED) is 0.853. The van der Waals surface area contributed by atoms with Crippen LogP contribution in [0.15, 0.2) is 12.4 Å². The second-order valence-corrected chi connectivity index (χ2v) is 7.02. The van der Waals surface area contributed by atoms with Gasteiger partial charge in [0.15, 0.2) is 9.84 Å². The minimum atomic E-state index is -2.77. The molecule has 2 unspecified atom stereocenters. The van der Waals surface area contributed by atoms with Crippen molar-refractivity contribution in [3.05, 3.63) is 18.0 Å². The van der Waals surface area contributed by atoms with Crippen LogP contribution in [-0.2, 0) is 16.9 Å². The van der Waals surface area contributed by atoms with Crippen LogP contribution in [0.2, 0.25) is 0 Å². The van der Waals surface area contributed by atoms with Crippen molar-refractivity contribution in [2.45, 2.75) is 18.9 Å². The van der Waals surface area contributed by atoms with E-state index in [2.05, 4.69) is 10.4 Å². The summed E-state index contributed by atoms with van der Waals surface area (Å²) in [5.74, 6) is 0.963. The lowest BCUT2D eigenvalue weighted by Gasteiger charge is -2.17. The van der Waals surface area contributed by atoms with Crippen LogP contribution >= 0.6 is 0 Å². The van der Waals surface area contributed by atoms with Gasteiger partial charge in [-0.2, -0.15) is 5.10 Å². The molecule has 96 valence electrons. The summed E-state index contributed by atoms with van der Waals surface area (Å²) in [4.78, 5) is 0. The molecule has 0 aromatic carbocycles. The Morgan fingerprint density at radius 1 is 1.65 bits per heavy atom. The molecular formula is C11H19N3O2S. The van der Waals surface area contributed by atoms with Crippen molar-refractivity contribution in [1.82, 2.24) is 15.1 Å². The molecule has 1 saturated heterocycles. The molecule has 6 heteroatoms. The van der Waals surface area contributed by atoms with Crippen molar-refractivity contribution in [2.24, 2.45) is 13.0 Å². The standard InChI is InChI=1S/C11H19N3O2S/c1-12-11(10-6-13-14(2)7-10)5-9-3-4-17(15,16)8-9/h6-7,9,11-12H,3-5,8H2,1-2H3. The highest BCUT2D eigenvalue weighted by molar-refractivity contribution is 7.91. The van der Waals surface area contributed by atoms with Gasteiger partial charge < -0.3 is 5.32 Å². The summed E-state index contributed by atoms with van der Waals surface area (Å²) < 4.78 is 24.6. The van der Waals surface area contributed by atoms with Gasteiger partial charge in [0.2, 0.25) is 0 Å². The molecule has 5 nitrogen and oxygen atoms in total. The Morgan fingerprint density at radius 3 is 2.88 bits per heavy atom. The zero-order valence-corrected chi connectivity index (χ0v) is 11.1. The van der Waals surface area contributed by atoms with E-state index in [0.29, 0.717) is 11.5 Å². The van der Waals surface area contributed by atoms with Gasteiger partial charge >= 0.3 is 0 Å². The smallest absolute Gasteiger partial charge is 0.150 e. The van der Waals surface area contributed by atoms with Crippen LogP contribution in [0.4, 0.5) is 0 Å². The van der Waals surface area contributed by atoms with E-state index in [1.165, 1.54) is 0 Å². The van der Waals surface area contributed by atoms with Gasteiger partial charge in [0.25, 0.3) is 0 Å². The summed E-state index contributed by atoms with van der Waals surface area (Å²) in [5.41, 5.74) is 1.12. The normalized spacial score (nSPS) is 24.9. The minimum absolute atomic E-state index is 0.196.